The summed E-state index contributed by atoms with van der Waals surface area (Å²) < 4.78 is 6.49. The van der Waals surface area contributed by atoms with Crippen molar-refractivity contribution in [1.29, 1.82) is 0 Å². The quantitative estimate of drug-likeness (QED) is 0.478. The minimum Gasteiger partial charge on any atom is -0.383 e. The molecule has 0 atom stereocenters. The zero-order valence-corrected chi connectivity index (χ0v) is 12.1. The molecule has 0 fully saturated rings. The third-order valence-corrected chi connectivity index (χ3v) is 3.01. The highest BCUT2D eigenvalue weighted by molar-refractivity contribution is 5.53. The molecule has 0 amide bonds. The van der Waals surface area contributed by atoms with Gasteiger partial charge in [-0.05, 0) is 24.6 Å². The topological polar surface area (TPSA) is 82.2 Å². The number of hydrogen-bond acceptors (Lipinski definition) is 5. The molecule has 1 aromatic carbocycles. The molecule has 0 radical (unpaired) electrons. The second-order valence-corrected chi connectivity index (χ2v) is 4.67. The summed E-state index contributed by atoms with van der Waals surface area (Å²) in [5.74, 6) is 0. The van der Waals surface area contributed by atoms with Crippen molar-refractivity contribution in [1.82, 2.24) is 15.1 Å². The van der Waals surface area contributed by atoms with E-state index in [4.69, 9.17) is 4.74 Å². The smallest absolute Gasteiger partial charge is 0.294 e. The van der Waals surface area contributed by atoms with E-state index in [9.17, 15) is 10.1 Å². The zero-order valence-electron chi connectivity index (χ0n) is 12.1. The van der Waals surface area contributed by atoms with Crippen LogP contribution < -0.4 is 5.32 Å². The van der Waals surface area contributed by atoms with Gasteiger partial charge < -0.3 is 10.1 Å². The number of nitro groups is 1. The molecule has 1 heterocycles. The normalized spacial score (nSPS) is 10.8. The van der Waals surface area contributed by atoms with Gasteiger partial charge in [-0.3, -0.25) is 10.1 Å². The van der Waals surface area contributed by atoms with Crippen LogP contribution in [0.25, 0.3) is 5.69 Å². The summed E-state index contributed by atoms with van der Waals surface area (Å²) in [6.45, 7) is 3.85. The number of methoxy groups -OCH3 is 1. The fourth-order valence-corrected chi connectivity index (χ4v) is 1.95. The maximum atomic E-state index is 11.1. The molecular formula is C14H18N4O3. The van der Waals surface area contributed by atoms with E-state index in [0.717, 1.165) is 17.8 Å². The first kappa shape index (κ1) is 15.1. The Bertz CT molecular complexity index is 624. The summed E-state index contributed by atoms with van der Waals surface area (Å²) in [4.78, 5) is 10.7. The van der Waals surface area contributed by atoms with Gasteiger partial charge in [-0.25, -0.2) is 4.68 Å². The van der Waals surface area contributed by atoms with E-state index < -0.39 is 4.92 Å². The molecule has 0 spiro atoms. The molecule has 7 heteroatoms. The molecule has 0 saturated carbocycles. The average Bonchev–Trinajstić information content (AvgIpc) is 2.92. The van der Waals surface area contributed by atoms with E-state index in [0.29, 0.717) is 18.8 Å². The van der Waals surface area contributed by atoms with Gasteiger partial charge in [0.1, 0.15) is 5.69 Å². The number of nitro benzene ring substituents is 1. The fourth-order valence-electron chi connectivity index (χ4n) is 1.95. The SMILES string of the molecule is COCCNCc1ccn(-c2cc(C)ccc2[N+](=O)[O-])n1. The Labute approximate surface area is 122 Å². The molecule has 0 bridgehead atoms. The van der Waals surface area contributed by atoms with Gasteiger partial charge in [0.15, 0.2) is 0 Å². The van der Waals surface area contributed by atoms with Crippen molar-refractivity contribution >= 4 is 5.69 Å². The van der Waals surface area contributed by atoms with Crippen LogP contribution in [-0.2, 0) is 11.3 Å². The van der Waals surface area contributed by atoms with Crippen LogP contribution in [0.1, 0.15) is 11.3 Å². The number of rotatable bonds is 7. The van der Waals surface area contributed by atoms with Crippen molar-refractivity contribution in [3.8, 4) is 5.69 Å². The Morgan fingerprint density at radius 3 is 2.95 bits per heavy atom. The van der Waals surface area contributed by atoms with Gasteiger partial charge in [0, 0.05) is 32.5 Å². The average molecular weight is 290 g/mol. The second-order valence-electron chi connectivity index (χ2n) is 4.67. The Kier molecular flexibility index (Phi) is 5.02. The highest BCUT2D eigenvalue weighted by atomic mass is 16.6. The molecule has 0 aliphatic carbocycles. The first-order valence-electron chi connectivity index (χ1n) is 6.61. The van der Waals surface area contributed by atoms with Gasteiger partial charge >= 0.3 is 0 Å². The summed E-state index contributed by atoms with van der Waals surface area (Å²) in [5.41, 5.74) is 2.29. The van der Waals surface area contributed by atoms with Crippen LogP contribution in [0.5, 0.6) is 0 Å². The van der Waals surface area contributed by atoms with E-state index >= 15 is 0 Å². The molecule has 112 valence electrons. The zero-order chi connectivity index (χ0) is 15.2. The summed E-state index contributed by atoms with van der Waals surface area (Å²) in [6.07, 6.45) is 1.73. The lowest BCUT2D eigenvalue weighted by Crippen LogP contribution is -2.18. The fraction of sp³-hybridized carbons (Fsp3) is 0.357. The molecule has 21 heavy (non-hydrogen) atoms. The minimum absolute atomic E-state index is 0.0441. The van der Waals surface area contributed by atoms with E-state index in [2.05, 4.69) is 10.4 Å². The van der Waals surface area contributed by atoms with Crippen molar-refractivity contribution in [3.05, 3.63) is 51.8 Å². The van der Waals surface area contributed by atoms with Gasteiger partial charge in [-0.1, -0.05) is 6.07 Å². The number of hydrogen-bond donors (Lipinski definition) is 1. The lowest BCUT2D eigenvalue weighted by molar-refractivity contribution is -0.384. The monoisotopic (exact) mass is 290 g/mol. The van der Waals surface area contributed by atoms with Crippen molar-refractivity contribution in [3.63, 3.8) is 0 Å². The van der Waals surface area contributed by atoms with Gasteiger partial charge in [-0.2, -0.15) is 5.10 Å². The molecule has 7 nitrogen and oxygen atoms in total. The van der Waals surface area contributed by atoms with Crippen molar-refractivity contribution in [2.24, 2.45) is 0 Å². The molecule has 0 aliphatic heterocycles. The van der Waals surface area contributed by atoms with Crippen LogP contribution in [0.4, 0.5) is 5.69 Å². The van der Waals surface area contributed by atoms with Crippen LogP contribution >= 0.6 is 0 Å². The largest absolute Gasteiger partial charge is 0.383 e. The van der Waals surface area contributed by atoms with Crippen LogP contribution in [0.2, 0.25) is 0 Å². The number of nitrogens with one attached hydrogen (secondary N) is 1. The van der Waals surface area contributed by atoms with E-state index in [1.165, 1.54) is 6.07 Å². The van der Waals surface area contributed by atoms with E-state index in [-0.39, 0.29) is 5.69 Å². The van der Waals surface area contributed by atoms with Gasteiger partial charge in [0.25, 0.3) is 5.69 Å². The van der Waals surface area contributed by atoms with Gasteiger partial charge in [0.05, 0.1) is 17.2 Å². The molecule has 1 aromatic heterocycles. The Morgan fingerprint density at radius 1 is 1.43 bits per heavy atom. The van der Waals surface area contributed by atoms with Crippen molar-refractivity contribution in [2.75, 3.05) is 20.3 Å². The van der Waals surface area contributed by atoms with Gasteiger partial charge in [-0.15, -0.1) is 0 Å². The third kappa shape index (κ3) is 3.87. The predicted molar refractivity (Wildman–Crippen MR) is 78.5 cm³/mol. The van der Waals surface area contributed by atoms with Crippen LogP contribution in [0.15, 0.2) is 30.5 Å². The van der Waals surface area contributed by atoms with Crippen LogP contribution in [-0.4, -0.2) is 35.0 Å². The molecule has 1 N–H and O–H groups in total. The summed E-state index contributed by atoms with van der Waals surface area (Å²) in [5, 5.41) is 18.6. The highest BCUT2D eigenvalue weighted by Crippen LogP contribution is 2.23. The number of ether oxygens (including phenoxy) is 1. The first-order chi connectivity index (χ1) is 10.1. The standard InChI is InChI=1S/C14H18N4O3/c1-11-3-4-13(18(19)20)14(9-11)17-7-5-12(16-17)10-15-6-8-21-2/h3-5,7,9,15H,6,8,10H2,1-2H3. The predicted octanol–water partition coefficient (Wildman–Crippen LogP) is 1.82. The summed E-state index contributed by atoms with van der Waals surface area (Å²) >= 11 is 0. The van der Waals surface area contributed by atoms with Crippen LogP contribution in [0, 0.1) is 17.0 Å². The maximum Gasteiger partial charge on any atom is 0.294 e. The molecular weight excluding hydrogens is 272 g/mol. The first-order valence-corrected chi connectivity index (χ1v) is 6.61. The maximum absolute atomic E-state index is 11.1. The second kappa shape index (κ2) is 6.96. The lowest BCUT2D eigenvalue weighted by atomic mass is 10.2. The number of benzene rings is 1. The Hall–Kier alpha value is -2.25. The van der Waals surface area contributed by atoms with Gasteiger partial charge in [0.2, 0.25) is 0 Å². The third-order valence-electron chi connectivity index (χ3n) is 3.01. The summed E-state index contributed by atoms with van der Waals surface area (Å²) in [7, 11) is 1.65. The number of aryl methyl sites for hydroxylation is 1. The molecule has 2 aromatic rings. The lowest BCUT2D eigenvalue weighted by Gasteiger charge is -2.04. The number of nitrogens with zero attached hydrogens (tertiary/aromatic N) is 3. The van der Waals surface area contributed by atoms with Crippen molar-refractivity contribution in [2.45, 2.75) is 13.5 Å². The molecule has 2 rings (SSSR count). The highest BCUT2D eigenvalue weighted by Gasteiger charge is 2.16. The molecule has 0 saturated heterocycles. The molecule has 0 unspecified atom stereocenters. The van der Waals surface area contributed by atoms with E-state index in [1.54, 1.807) is 30.1 Å². The van der Waals surface area contributed by atoms with Crippen LogP contribution in [0.3, 0.4) is 0 Å². The van der Waals surface area contributed by atoms with Crippen molar-refractivity contribution < 1.29 is 9.66 Å². The summed E-state index contributed by atoms with van der Waals surface area (Å²) in [6, 6.07) is 6.82. The Morgan fingerprint density at radius 2 is 2.24 bits per heavy atom. The minimum atomic E-state index is -0.396. The van der Waals surface area contributed by atoms with E-state index in [1.807, 2.05) is 13.0 Å². The Balaban J connectivity index is 2.17. The number of aromatic nitrogens is 2. The molecule has 0 aliphatic rings.